The first-order chi connectivity index (χ1) is 11.1. The first-order valence-electron chi connectivity index (χ1n) is 7.94. The predicted molar refractivity (Wildman–Crippen MR) is 85.9 cm³/mol. The van der Waals surface area contributed by atoms with Crippen molar-refractivity contribution in [3.8, 4) is 0 Å². The van der Waals surface area contributed by atoms with E-state index in [4.69, 9.17) is 4.74 Å². The summed E-state index contributed by atoms with van der Waals surface area (Å²) in [4.78, 5) is 21.4. The van der Waals surface area contributed by atoms with Gasteiger partial charge in [0.25, 0.3) is 5.91 Å². The smallest absolute Gasteiger partial charge is 0.270 e. The summed E-state index contributed by atoms with van der Waals surface area (Å²) in [5.74, 6) is 1.03. The Morgan fingerprint density at radius 3 is 2.83 bits per heavy atom. The average molecular weight is 314 g/mol. The lowest BCUT2D eigenvalue weighted by Gasteiger charge is -2.30. The van der Waals surface area contributed by atoms with Crippen molar-refractivity contribution in [1.29, 1.82) is 0 Å². The fourth-order valence-electron chi connectivity index (χ4n) is 3.00. The maximum absolute atomic E-state index is 12.6. The molecule has 3 rings (SSSR count). The summed E-state index contributed by atoms with van der Waals surface area (Å²) in [6.07, 6.45) is 5.50. The van der Waals surface area contributed by atoms with Crippen molar-refractivity contribution in [3.05, 3.63) is 47.8 Å². The number of carbonyl (C=O) groups is 1. The van der Waals surface area contributed by atoms with Crippen molar-refractivity contribution in [2.45, 2.75) is 25.8 Å². The molecule has 3 heterocycles. The minimum atomic E-state index is -0.159. The molecule has 23 heavy (non-hydrogen) atoms. The Bertz CT molecular complexity index is 677. The van der Waals surface area contributed by atoms with Crippen molar-refractivity contribution in [1.82, 2.24) is 19.9 Å². The molecule has 0 unspecified atom stereocenters. The van der Waals surface area contributed by atoms with Crippen molar-refractivity contribution in [2.75, 3.05) is 13.2 Å². The zero-order chi connectivity index (χ0) is 16.2. The number of hydrogen-bond acceptors (Lipinski definition) is 4. The maximum Gasteiger partial charge on any atom is 0.270 e. The molecule has 122 valence electrons. The van der Waals surface area contributed by atoms with E-state index in [1.807, 2.05) is 36.9 Å². The van der Waals surface area contributed by atoms with Gasteiger partial charge in [-0.25, -0.2) is 9.97 Å². The number of aryl methyl sites for hydroxylation is 2. The molecule has 1 N–H and O–H groups in total. The molecule has 1 saturated heterocycles. The van der Waals surface area contributed by atoms with Crippen LogP contribution >= 0.6 is 0 Å². The Kier molecular flexibility index (Phi) is 4.71. The zero-order valence-corrected chi connectivity index (χ0v) is 13.5. The molecule has 0 spiro atoms. The highest BCUT2D eigenvalue weighted by Gasteiger charge is 2.30. The number of ether oxygens (including phenoxy) is 1. The van der Waals surface area contributed by atoms with E-state index >= 15 is 0 Å². The number of amides is 1. The maximum atomic E-state index is 12.6. The average Bonchev–Trinajstić information content (AvgIpc) is 2.99. The van der Waals surface area contributed by atoms with Gasteiger partial charge in [0, 0.05) is 38.3 Å². The summed E-state index contributed by atoms with van der Waals surface area (Å²) in [5, 5.41) is 3.13. The highest BCUT2D eigenvalue weighted by atomic mass is 16.5. The molecule has 0 bridgehead atoms. The largest absolute Gasteiger partial charge is 0.381 e. The molecule has 6 nitrogen and oxygen atoms in total. The summed E-state index contributed by atoms with van der Waals surface area (Å²) in [6, 6.07) is 5.34. The molecule has 1 amide bonds. The van der Waals surface area contributed by atoms with Crippen molar-refractivity contribution in [3.63, 3.8) is 0 Å². The third-order valence-corrected chi connectivity index (χ3v) is 4.28. The predicted octanol–water partition coefficient (Wildman–Crippen LogP) is 2.02. The van der Waals surface area contributed by atoms with Crippen molar-refractivity contribution in [2.24, 2.45) is 13.0 Å². The van der Waals surface area contributed by atoms with Crippen LogP contribution in [0.4, 0.5) is 0 Å². The Morgan fingerprint density at radius 1 is 1.39 bits per heavy atom. The van der Waals surface area contributed by atoms with E-state index < -0.39 is 0 Å². The van der Waals surface area contributed by atoms with Gasteiger partial charge in [-0.05, 0) is 37.8 Å². The van der Waals surface area contributed by atoms with E-state index in [1.54, 1.807) is 12.3 Å². The summed E-state index contributed by atoms with van der Waals surface area (Å²) in [5.41, 5.74) is 1.27. The summed E-state index contributed by atoms with van der Waals surface area (Å²) < 4.78 is 7.41. The highest BCUT2D eigenvalue weighted by Crippen LogP contribution is 2.29. The Balaban J connectivity index is 1.83. The quantitative estimate of drug-likeness (QED) is 0.937. The number of rotatable bonds is 4. The fraction of sp³-hybridized carbons (Fsp3) is 0.471. The molecule has 1 aliphatic rings. The lowest BCUT2D eigenvalue weighted by Crippen LogP contribution is -2.37. The van der Waals surface area contributed by atoms with E-state index in [0.717, 1.165) is 37.6 Å². The van der Waals surface area contributed by atoms with Gasteiger partial charge in [-0.1, -0.05) is 6.07 Å². The van der Waals surface area contributed by atoms with Crippen LogP contribution in [0.1, 0.15) is 40.9 Å². The van der Waals surface area contributed by atoms with Gasteiger partial charge in [0.1, 0.15) is 11.5 Å². The second-order valence-electron chi connectivity index (χ2n) is 5.96. The third kappa shape index (κ3) is 3.59. The standard InChI is InChI=1S/C17H22N4O2/c1-12-4-3-5-14(19-12)17(22)20-15(13-6-10-23-11-7-13)16-18-8-9-21(16)2/h3-5,8-9,13,15H,6-7,10-11H2,1-2H3,(H,20,22)/t15-/m0/s1. The first kappa shape index (κ1) is 15.7. The Hall–Kier alpha value is -2.21. The Labute approximate surface area is 135 Å². The van der Waals surface area contributed by atoms with E-state index in [0.29, 0.717) is 11.6 Å². The molecule has 1 aliphatic heterocycles. The third-order valence-electron chi connectivity index (χ3n) is 4.28. The number of nitrogens with zero attached hydrogens (tertiary/aromatic N) is 3. The fourth-order valence-corrected chi connectivity index (χ4v) is 3.00. The second-order valence-corrected chi connectivity index (χ2v) is 5.96. The monoisotopic (exact) mass is 314 g/mol. The van der Waals surface area contributed by atoms with E-state index in [-0.39, 0.29) is 11.9 Å². The van der Waals surface area contributed by atoms with Crippen LogP contribution < -0.4 is 5.32 Å². The van der Waals surface area contributed by atoms with Gasteiger partial charge >= 0.3 is 0 Å². The van der Waals surface area contributed by atoms with E-state index in [1.165, 1.54) is 0 Å². The molecule has 2 aromatic rings. The van der Waals surface area contributed by atoms with Gasteiger partial charge in [-0.15, -0.1) is 0 Å². The van der Waals surface area contributed by atoms with Gasteiger partial charge in [-0.2, -0.15) is 0 Å². The Morgan fingerprint density at radius 2 is 2.17 bits per heavy atom. The number of pyridine rings is 1. The topological polar surface area (TPSA) is 69.0 Å². The molecular weight excluding hydrogens is 292 g/mol. The molecule has 0 aromatic carbocycles. The van der Waals surface area contributed by atoms with Crippen LogP contribution in [0, 0.1) is 12.8 Å². The molecule has 6 heteroatoms. The van der Waals surface area contributed by atoms with Crippen LogP contribution in [-0.4, -0.2) is 33.7 Å². The number of hydrogen-bond donors (Lipinski definition) is 1. The normalized spacial score (nSPS) is 17.0. The van der Waals surface area contributed by atoms with Crippen molar-refractivity contribution >= 4 is 5.91 Å². The van der Waals surface area contributed by atoms with Crippen LogP contribution in [0.5, 0.6) is 0 Å². The first-order valence-corrected chi connectivity index (χ1v) is 7.94. The minimum Gasteiger partial charge on any atom is -0.381 e. The van der Waals surface area contributed by atoms with Crippen LogP contribution in [0.15, 0.2) is 30.6 Å². The van der Waals surface area contributed by atoms with Gasteiger partial charge in [-0.3, -0.25) is 4.79 Å². The summed E-state index contributed by atoms with van der Waals surface area (Å²) in [7, 11) is 1.95. The molecular formula is C17H22N4O2. The number of aromatic nitrogens is 3. The van der Waals surface area contributed by atoms with Crippen LogP contribution in [0.25, 0.3) is 0 Å². The number of carbonyl (C=O) groups excluding carboxylic acids is 1. The van der Waals surface area contributed by atoms with Gasteiger partial charge < -0.3 is 14.6 Å². The van der Waals surface area contributed by atoms with Crippen LogP contribution in [0.2, 0.25) is 0 Å². The van der Waals surface area contributed by atoms with E-state index in [2.05, 4.69) is 15.3 Å². The molecule has 0 aliphatic carbocycles. The zero-order valence-electron chi connectivity index (χ0n) is 13.5. The second kappa shape index (κ2) is 6.91. The number of imidazole rings is 1. The summed E-state index contributed by atoms with van der Waals surface area (Å²) >= 11 is 0. The molecule has 0 saturated carbocycles. The van der Waals surface area contributed by atoms with Gasteiger partial charge in [0.2, 0.25) is 0 Å². The lowest BCUT2D eigenvalue weighted by molar-refractivity contribution is 0.0498. The van der Waals surface area contributed by atoms with Gasteiger partial charge in [0.15, 0.2) is 0 Å². The van der Waals surface area contributed by atoms with Crippen LogP contribution in [-0.2, 0) is 11.8 Å². The van der Waals surface area contributed by atoms with Gasteiger partial charge in [0.05, 0.1) is 6.04 Å². The SMILES string of the molecule is Cc1cccc(C(=O)N[C@H](c2nccn2C)C2CCOCC2)n1. The molecule has 0 radical (unpaired) electrons. The lowest BCUT2D eigenvalue weighted by atomic mass is 9.91. The summed E-state index contributed by atoms with van der Waals surface area (Å²) in [6.45, 7) is 3.33. The van der Waals surface area contributed by atoms with E-state index in [9.17, 15) is 4.79 Å². The highest BCUT2D eigenvalue weighted by molar-refractivity contribution is 5.92. The molecule has 1 atom stereocenters. The molecule has 1 fully saturated rings. The van der Waals surface area contributed by atoms with Crippen molar-refractivity contribution < 1.29 is 9.53 Å². The minimum absolute atomic E-state index is 0.131. The number of nitrogens with one attached hydrogen (secondary N) is 1. The molecule has 2 aromatic heterocycles. The van der Waals surface area contributed by atoms with Crippen LogP contribution in [0.3, 0.4) is 0 Å².